The lowest BCUT2D eigenvalue weighted by Gasteiger charge is -2.21. The van der Waals surface area contributed by atoms with Crippen LogP contribution in [0.3, 0.4) is 0 Å². The summed E-state index contributed by atoms with van der Waals surface area (Å²) in [5.41, 5.74) is -0.0707. The van der Waals surface area contributed by atoms with Gasteiger partial charge >= 0.3 is 0 Å². The summed E-state index contributed by atoms with van der Waals surface area (Å²) in [6.07, 6.45) is 1.19. The van der Waals surface area contributed by atoms with E-state index in [0.29, 0.717) is 11.9 Å². The van der Waals surface area contributed by atoms with Crippen molar-refractivity contribution in [3.8, 4) is 0 Å². The minimum atomic E-state index is -0.0707. The highest BCUT2D eigenvalue weighted by Gasteiger charge is 2.24. The monoisotopic (exact) mass is 238 g/mol. The molecule has 2 heterocycles. The van der Waals surface area contributed by atoms with Gasteiger partial charge in [0.05, 0.1) is 6.54 Å². The third-order valence-corrected chi connectivity index (χ3v) is 3.16. The Morgan fingerprint density at radius 2 is 2.24 bits per heavy atom. The zero-order chi connectivity index (χ0) is 12.5. The van der Waals surface area contributed by atoms with Gasteiger partial charge in [-0.2, -0.15) is 4.98 Å². The maximum Gasteiger partial charge on any atom is 0.232 e. The van der Waals surface area contributed by atoms with E-state index in [2.05, 4.69) is 48.2 Å². The maximum absolute atomic E-state index is 5.29. The Balaban J connectivity index is 1.96. The van der Waals surface area contributed by atoms with Crippen LogP contribution in [0.15, 0.2) is 4.52 Å². The zero-order valence-electron chi connectivity index (χ0n) is 11.2. The fourth-order valence-corrected chi connectivity index (χ4v) is 1.99. The predicted octanol–water partition coefficient (Wildman–Crippen LogP) is 1.16. The highest BCUT2D eigenvalue weighted by atomic mass is 16.5. The van der Waals surface area contributed by atoms with Gasteiger partial charge < -0.3 is 9.84 Å². The van der Waals surface area contributed by atoms with E-state index in [1.165, 1.54) is 6.42 Å². The highest BCUT2D eigenvalue weighted by molar-refractivity contribution is 4.98. The molecule has 0 spiro atoms. The number of rotatable bonds is 3. The molecule has 1 saturated heterocycles. The maximum atomic E-state index is 5.29. The van der Waals surface area contributed by atoms with E-state index in [-0.39, 0.29) is 5.41 Å². The van der Waals surface area contributed by atoms with E-state index < -0.39 is 0 Å². The molecular formula is C12H22N4O. The molecule has 1 aliphatic rings. The molecule has 2 rings (SSSR count). The Bertz CT molecular complexity index is 363. The lowest BCUT2D eigenvalue weighted by molar-refractivity contribution is 0.238. The summed E-state index contributed by atoms with van der Waals surface area (Å²) in [4.78, 5) is 6.74. The smallest absolute Gasteiger partial charge is 0.232 e. The third-order valence-electron chi connectivity index (χ3n) is 3.16. The largest absolute Gasteiger partial charge is 0.339 e. The van der Waals surface area contributed by atoms with Crippen LogP contribution in [-0.4, -0.2) is 41.2 Å². The predicted molar refractivity (Wildman–Crippen MR) is 65.7 cm³/mol. The normalized spacial score (nSPS) is 21.4. The Morgan fingerprint density at radius 1 is 1.47 bits per heavy atom. The summed E-state index contributed by atoms with van der Waals surface area (Å²) in [6, 6.07) is 0.589. The molecule has 1 fully saturated rings. The molecule has 0 radical (unpaired) electrons. The molecule has 1 aromatic rings. The van der Waals surface area contributed by atoms with E-state index >= 15 is 0 Å². The summed E-state index contributed by atoms with van der Waals surface area (Å²) >= 11 is 0. The Hall–Kier alpha value is -0.940. The van der Waals surface area contributed by atoms with E-state index in [0.717, 1.165) is 25.5 Å². The molecule has 0 bridgehead atoms. The third kappa shape index (κ3) is 3.04. The van der Waals surface area contributed by atoms with E-state index in [9.17, 15) is 0 Å². The van der Waals surface area contributed by atoms with Crippen molar-refractivity contribution in [3.63, 3.8) is 0 Å². The van der Waals surface area contributed by atoms with Gasteiger partial charge in [0.25, 0.3) is 0 Å². The van der Waals surface area contributed by atoms with E-state index in [1.807, 2.05) is 0 Å². The second-order valence-corrected chi connectivity index (χ2v) is 5.83. The second kappa shape index (κ2) is 4.74. The van der Waals surface area contributed by atoms with Gasteiger partial charge in [0.1, 0.15) is 0 Å². The summed E-state index contributed by atoms with van der Waals surface area (Å²) in [6.45, 7) is 9.15. The zero-order valence-corrected chi connectivity index (χ0v) is 11.2. The standard InChI is InChI=1S/C12H22N4O/c1-12(2,3)11-14-10(15-17-11)8-16(4)9-5-6-13-7-9/h9,13H,5-8H2,1-4H3. The molecule has 0 aromatic carbocycles. The molecular weight excluding hydrogens is 216 g/mol. The Morgan fingerprint density at radius 3 is 2.76 bits per heavy atom. The summed E-state index contributed by atoms with van der Waals surface area (Å²) in [7, 11) is 2.12. The van der Waals surface area contributed by atoms with Crippen molar-refractivity contribution in [1.29, 1.82) is 0 Å². The fraction of sp³-hybridized carbons (Fsp3) is 0.833. The van der Waals surface area contributed by atoms with Crippen molar-refractivity contribution in [2.75, 3.05) is 20.1 Å². The molecule has 96 valence electrons. The van der Waals surface area contributed by atoms with Crippen molar-refractivity contribution in [2.24, 2.45) is 0 Å². The van der Waals surface area contributed by atoms with Gasteiger partial charge in [0.2, 0.25) is 5.89 Å². The van der Waals surface area contributed by atoms with Gasteiger partial charge in [-0.15, -0.1) is 0 Å². The van der Waals surface area contributed by atoms with Crippen molar-refractivity contribution in [1.82, 2.24) is 20.4 Å². The molecule has 0 saturated carbocycles. The molecule has 17 heavy (non-hydrogen) atoms. The molecule has 1 unspecified atom stereocenters. The topological polar surface area (TPSA) is 54.2 Å². The lowest BCUT2D eigenvalue weighted by atomic mass is 9.97. The average Bonchev–Trinajstić information content (AvgIpc) is 2.85. The molecule has 1 aromatic heterocycles. The van der Waals surface area contributed by atoms with Gasteiger partial charge in [0, 0.05) is 18.0 Å². The number of nitrogens with one attached hydrogen (secondary N) is 1. The van der Waals surface area contributed by atoms with Gasteiger partial charge in [-0.25, -0.2) is 0 Å². The molecule has 5 heteroatoms. The van der Waals surface area contributed by atoms with Crippen molar-refractivity contribution >= 4 is 0 Å². The van der Waals surface area contributed by atoms with Crippen LogP contribution < -0.4 is 5.32 Å². The first kappa shape index (κ1) is 12.5. The number of nitrogens with zero attached hydrogens (tertiary/aromatic N) is 3. The molecule has 1 N–H and O–H groups in total. The van der Waals surface area contributed by atoms with E-state index in [4.69, 9.17) is 4.52 Å². The number of hydrogen-bond acceptors (Lipinski definition) is 5. The van der Waals surface area contributed by atoms with Crippen LogP contribution in [0.5, 0.6) is 0 Å². The highest BCUT2D eigenvalue weighted by Crippen LogP contribution is 2.20. The van der Waals surface area contributed by atoms with Crippen LogP contribution in [0, 0.1) is 0 Å². The number of hydrogen-bond donors (Lipinski definition) is 1. The van der Waals surface area contributed by atoms with Gasteiger partial charge in [0.15, 0.2) is 5.82 Å². The fourth-order valence-electron chi connectivity index (χ4n) is 1.99. The lowest BCUT2D eigenvalue weighted by Crippen LogP contribution is -2.33. The minimum absolute atomic E-state index is 0.0707. The summed E-state index contributed by atoms with van der Waals surface area (Å²) in [5, 5.41) is 7.41. The summed E-state index contributed by atoms with van der Waals surface area (Å²) in [5.74, 6) is 1.50. The van der Waals surface area contributed by atoms with Crippen molar-refractivity contribution in [3.05, 3.63) is 11.7 Å². The van der Waals surface area contributed by atoms with Gasteiger partial charge in [-0.05, 0) is 20.0 Å². The Labute approximate surface area is 103 Å². The molecule has 0 amide bonds. The van der Waals surface area contributed by atoms with Gasteiger partial charge in [-0.1, -0.05) is 25.9 Å². The number of aromatic nitrogens is 2. The van der Waals surface area contributed by atoms with Crippen LogP contribution >= 0.6 is 0 Å². The van der Waals surface area contributed by atoms with Crippen LogP contribution in [0.1, 0.15) is 38.9 Å². The molecule has 0 aliphatic carbocycles. The minimum Gasteiger partial charge on any atom is -0.339 e. The summed E-state index contributed by atoms with van der Waals surface area (Å²) < 4.78 is 5.29. The quantitative estimate of drug-likeness (QED) is 0.856. The van der Waals surface area contributed by atoms with Crippen molar-refractivity contribution in [2.45, 2.75) is 45.2 Å². The van der Waals surface area contributed by atoms with Crippen LogP contribution in [0.4, 0.5) is 0 Å². The van der Waals surface area contributed by atoms with Crippen LogP contribution in [0.25, 0.3) is 0 Å². The first-order valence-corrected chi connectivity index (χ1v) is 6.21. The van der Waals surface area contributed by atoms with Gasteiger partial charge in [-0.3, -0.25) is 4.90 Å². The number of likely N-dealkylation sites (N-methyl/N-ethyl adjacent to an activating group) is 1. The van der Waals surface area contributed by atoms with Crippen LogP contribution in [0.2, 0.25) is 0 Å². The second-order valence-electron chi connectivity index (χ2n) is 5.83. The molecule has 5 nitrogen and oxygen atoms in total. The SMILES string of the molecule is CN(Cc1noc(C(C)(C)C)n1)C1CCNC1. The first-order valence-electron chi connectivity index (χ1n) is 6.21. The first-order chi connectivity index (χ1) is 7.97. The van der Waals surface area contributed by atoms with Crippen LogP contribution in [-0.2, 0) is 12.0 Å². The van der Waals surface area contributed by atoms with E-state index in [1.54, 1.807) is 0 Å². The Kier molecular flexibility index (Phi) is 3.49. The molecule has 1 atom stereocenters. The average molecular weight is 238 g/mol. The molecule has 1 aliphatic heterocycles. The van der Waals surface area contributed by atoms with Crippen molar-refractivity contribution < 1.29 is 4.52 Å².